The lowest BCUT2D eigenvalue weighted by Gasteiger charge is -2.44. The Bertz CT molecular complexity index is 158. The van der Waals surface area contributed by atoms with E-state index in [-0.39, 0.29) is 5.60 Å². The summed E-state index contributed by atoms with van der Waals surface area (Å²) in [6.07, 6.45) is 1.62. The molecule has 0 spiro atoms. The van der Waals surface area contributed by atoms with Crippen LogP contribution in [0.15, 0.2) is 0 Å². The quantitative estimate of drug-likeness (QED) is 0.604. The predicted octanol–water partition coefficient (Wildman–Crippen LogP) is 2.22. The van der Waals surface area contributed by atoms with Gasteiger partial charge in [-0.25, -0.2) is 0 Å². The SMILES string of the molecule is COC1(C)C[C@H](C)OC(C)[C@@H]1C. The lowest BCUT2D eigenvalue weighted by molar-refractivity contribution is -0.175. The molecule has 72 valence electrons. The Morgan fingerprint density at radius 3 is 2.42 bits per heavy atom. The Hall–Kier alpha value is -0.0800. The molecular formula is C10H20O2. The second kappa shape index (κ2) is 3.35. The highest BCUT2D eigenvalue weighted by molar-refractivity contribution is 4.90. The number of hydrogen-bond donors (Lipinski definition) is 0. The van der Waals surface area contributed by atoms with E-state index in [2.05, 4.69) is 27.7 Å². The summed E-state index contributed by atoms with van der Waals surface area (Å²) in [5.41, 5.74) is -0.00289. The van der Waals surface area contributed by atoms with Crippen molar-refractivity contribution in [1.29, 1.82) is 0 Å². The molecule has 0 aromatic heterocycles. The molecule has 2 heteroatoms. The summed E-state index contributed by atoms with van der Waals surface area (Å²) in [5, 5.41) is 0. The van der Waals surface area contributed by atoms with Gasteiger partial charge in [-0.2, -0.15) is 0 Å². The summed E-state index contributed by atoms with van der Waals surface area (Å²) in [6, 6.07) is 0. The zero-order valence-corrected chi connectivity index (χ0v) is 8.76. The van der Waals surface area contributed by atoms with Gasteiger partial charge in [0.1, 0.15) is 0 Å². The van der Waals surface area contributed by atoms with Crippen molar-refractivity contribution < 1.29 is 9.47 Å². The molecule has 2 nitrogen and oxygen atoms in total. The molecule has 1 heterocycles. The van der Waals surface area contributed by atoms with Crippen LogP contribution >= 0.6 is 0 Å². The lowest BCUT2D eigenvalue weighted by atomic mass is 9.80. The molecule has 0 radical (unpaired) electrons. The van der Waals surface area contributed by atoms with Gasteiger partial charge in [-0.1, -0.05) is 6.92 Å². The maximum Gasteiger partial charge on any atom is 0.0725 e. The van der Waals surface area contributed by atoms with Crippen LogP contribution in [0.5, 0.6) is 0 Å². The number of methoxy groups -OCH3 is 1. The van der Waals surface area contributed by atoms with E-state index in [1.54, 1.807) is 7.11 Å². The molecule has 0 aromatic carbocycles. The number of rotatable bonds is 1. The standard InChI is InChI=1S/C10H20O2/c1-7-6-10(4,11-5)8(2)9(3)12-7/h7-9H,6H2,1-5H3/t7-,8-,9?,10?/m0/s1. The highest BCUT2D eigenvalue weighted by Crippen LogP contribution is 2.35. The van der Waals surface area contributed by atoms with Crippen LogP contribution in [0.25, 0.3) is 0 Å². The first kappa shape index (κ1) is 10.0. The van der Waals surface area contributed by atoms with Crippen LogP contribution in [0.2, 0.25) is 0 Å². The van der Waals surface area contributed by atoms with Crippen LogP contribution in [0.3, 0.4) is 0 Å². The molecule has 2 unspecified atom stereocenters. The van der Waals surface area contributed by atoms with E-state index in [0.29, 0.717) is 18.1 Å². The fraction of sp³-hybridized carbons (Fsp3) is 1.00. The lowest BCUT2D eigenvalue weighted by Crippen LogP contribution is -2.49. The smallest absolute Gasteiger partial charge is 0.0725 e. The molecule has 1 rings (SSSR count). The molecular weight excluding hydrogens is 152 g/mol. The van der Waals surface area contributed by atoms with E-state index in [4.69, 9.17) is 9.47 Å². The van der Waals surface area contributed by atoms with E-state index in [1.165, 1.54) is 0 Å². The summed E-state index contributed by atoms with van der Waals surface area (Å²) >= 11 is 0. The van der Waals surface area contributed by atoms with Gasteiger partial charge in [-0.05, 0) is 20.8 Å². The summed E-state index contributed by atoms with van der Waals surface area (Å²) in [7, 11) is 1.79. The molecule has 1 fully saturated rings. The van der Waals surface area contributed by atoms with Gasteiger partial charge in [0.05, 0.1) is 17.8 Å². The Balaban J connectivity index is 2.72. The normalized spacial score (nSPS) is 49.2. The maximum atomic E-state index is 5.72. The van der Waals surface area contributed by atoms with E-state index < -0.39 is 0 Å². The Labute approximate surface area is 75.2 Å². The minimum absolute atomic E-state index is 0.00289. The van der Waals surface area contributed by atoms with Gasteiger partial charge in [-0.15, -0.1) is 0 Å². The molecule has 0 bridgehead atoms. The minimum atomic E-state index is -0.00289. The Morgan fingerprint density at radius 1 is 1.33 bits per heavy atom. The van der Waals surface area contributed by atoms with Gasteiger partial charge in [0.25, 0.3) is 0 Å². The predicted molar refractivity (Wildman–Crippen MR) is 49.2 cm³/mol. The van der Waals surface area contributed by atoms with Crippen LogP contribution < -0.4 is 0 Å². The summed E-state index contributed by atoms with van der Waals surface area (Å²) in [6.45, 7) is 8.60. The van der Waals surface area contributed by atoms with Crippen LogP contribution in [-0.2, 0) is 9.47 Å². The topological polar surface area (TPSA) is 18.5 Å². The Morgan fingerprint density at radius 2 is 1.92 bits per heavy atom. The van der Waals surface area contributed by atoms with Crippen molar-refractivity contribution in [2.45, 2.75) is 51.9 Å². The van der Waals surface area contributed by atoms with Gasteiger partial charge < -0.3 is 9.47 Å². The van der Waals surface area contributed by atoms with Crippen LogP contribution in [-0.4, -0.2) is 24.9 Å². The monoisotopic (exact) mass is 172 g/mol. The zero-order chi connectivity index (χ0) is 9.35. The highest BCUT2D eigenvalue weighted by Gasteiger charge is 2.41. The molecule has 0 aromatic rings. The molecule has 4 atom stereocenters. The van der Waals surface area contributed by atoms with Gasteiger partial charge in [0.2, 0.25) is 0 Å². The second-order valence-electron chi connectivity index (χ2n) is 4.16. The number of hydrogen-bond acceptors (Lipinski definition) is 2. The molecule has 1 aliphatic heterocycles. The summed E-state index contributed by atoms with van der Waals surface area (Å²) < 4.78 is 11.3. The third-order valence-electron chi connectivity index (χ3n) is 3.27. The highest BCUT2D eigenvalue weighted by atomic mass is 16.5. The second-order valence-corrected chi connectivity index (χ2v) is 4.16. The average Bonchev–Trinajstić information content (AvgIpc) is 2.00. The van der Waals surface area contributed by atoms with Crippen LogP contribution in [0, 0.1) is 5.92 Å². The molecule has 0 aliphatic carbocycles. The fourth-order valence-corrected chi connectivity index (χ4v) is 2.05. The van der Waals surface area contributed by atoms with E-state index in [1.807, 2.05) is 0 Å². The average molecular weight is 172 g/mol. The van der Waals surface area contributed by atoms with E-state index in [9.17, 15) is 0 Å². The van der Waals surface area contributed by atoms with Crippen LogP contribution in [0.4, 0.5) is 0 Å². The minimum Gasteiger partial charge on any atom is -0.378 e. The van der Waals surface area contributed by atoms with Crippen molar-refractivity contribution >= 4 is 0 Å². The van der Waals surface area contributed by atoms with Crippen molar-refractivity contribution in [2.75, 3.05) is 7.11 Å². The molecule has 0 saturated carbocycles. The van der Waals surface area contributed by atoms with Crippen LogP contribution in [0.1, 0.15) is 34.1 Å². The van der Waals surface area contributed by atoms with Crippen molar-refractivity contribution in [3.05, 3.63) is 0 Å². The molecule has 1 aliphatic rings. The van der Waals surface area contributed by atoms with Crippen molar-refractivity contribution in [2.24, 2.45) is 5.92 Å². The zero-order valence-electron chi connectivity index (χ0n) is 8.76. The number of ether oxygens (including phenoxy) is 2. The first-order valence-electron chi connectivity index (χ1n) is 4.70. The van der Waals surface area contributed by atoms with E-state index >= 15 is 0 Å². The molecule has 1 saturated heterocycles. The van der Waals surface area contributed by atoms with Gasteiger partial charge >= 0.3 is 0 Å². The van der Waals surface area contributed by atoms with E-state index in [0.717, 1.165) is 6.42 Å². The van der Waals surface area contributed by atoms with Gasteiger partial charge in [-0.3, -0.25) is 0 Å². The van der Waals surface area contributed by atoms with Crippen molar-refractivity contribution in [3.63, 3.8) is 0 Å². The Kier molecular flexibility index (Phi) is 2.79. The third kappa shape index (κ3) is 1.64. The first-order chi connectivity index (χ1) is 5.49. The van der Waals surface area contributed by atoms with Crippen molar-refractivity contribution in [3.8, 4) is 0 Å². The molecule has 12 heavy (non-hydrogen) atoms. The van der Waals surface area contributed by atoms with Gasteiger partial charge in [0, 0.05) is 19.4 Å². The third-order valence-corrected chi connectivity index (χ3v) is 3.27. The largest absolute Gasteiger partial charge is 0.378 e. The summed E-state index contributed by atoms with van der Waals surface area (Å²) in [4.78, 5) is 0. The summed E-state index contributed by atoms with van der Waals surface area (Å²) in [5.74, 6) is 0.471. The first-order valence-corrected chi connectivity index (χ1v) is 4.70. The van der Waals surface area contributed by atoms with Gasteiger partial charge in [0.15, 0.2) is 0 Å². The van der Waals surface area contributed by atoms with Crippen molar-refractivity contribution in [1.82, 2.24) is 0 Å². The fourth-order valence-electron chi connectivity index (χ4n) is 2.05. The molecule has 0 N–H and O–H groups in total. The maximum absolute atomic E-state index is 5.72. The molecule has 0 amide bonds.